The van der Waals surface area contributed by atoms with Crippen molar-refractivity contribution in [2.75, 3.05) is 11.9 Å². The van der Waals surface area contributed by atoms with Crippen molar-refractivity contribution in [3.8, 4) is 11.3 Å². The molecule has 1 fully saturated rings. The summed E-state index contributed by atoms with van der Waals surface area (Å²) in [6.07, 6.45) is 5.15. The van der Waals surface area contributed by atoms with Crippen LogP contribution in [0.4, 0.5) is 5.82 Å². The molecule has 3 rings (SSSR count). The molecule has 0 radical (unpaired) electrons. The molecule has 1 aromatic heterocycles. The Balaban J connectivity index is 1.75. The maximum atomic E-state index is 12.6. The molecule has 1 aliphatic heterocycles. The highest BCUT2D eigenvalue weighted by molar-refractivity contribution is 5.92. The van der Waals surface area contributed by atoms with Crippen molar-refractivity contribution < 1.29 is 4.79 Å². The Bertz CT molecular complexity index is 798. The third-order valence-electron chi connectivity index (χ3n) is 5.14. The number of anilines is 1. The van der Waals surface area contributed by atoms with Crippen LogP contribution in [0.2, 0.25) is 0 Å². The monoisotopic (exact) mass is 366 g/mol. The van der Waals surface area contributed by atoms with Gasteiger partial charge in [0, 0.05) is 30.4 Å². The smallest absolute Gasteiger partial charge is 0.230 e. The number of benzene rings is 1. The summed E-state index contributed by atoms with van der Waals surface area (Å²) in [7, 11) is 0. The molecule has 0 bridgehead atoms. The highest BCUT2D eigenvalue weighted by atomic mass is 16.2. The maximum absolute atomic E-state index is 12.6. The van der Waals surface area contributed by atoms with E-state index in [1.807, 2.05) is 10.7 Å². The van der Waals surface area contributed by atoms with Crippen molar-refractivity contribution in [3.05, 3.63) is 48.2 Å². The van der Waals surface area contributed by atoms with Gasteiger partial charge in [-0.1, -0.05) is 38.1 Å². The number of carbonyl (C=O) groups is 1. The summed E-state index contributed by atoms with van der Waals surface area (Å²) in [5.74, 6) is 0.613. The maximum Gasteiger partial charge on any atom is 0.230 e. The van der Waals surface area contributed by atoms with Crippen LogP contribution in [0.5, 0.6) is 0 Å². The van der Waals surface area contributed by atoms with Crippen molar-refractivity contribution >= 4 is 11.7 Å². The van der Waals surface area contributed by atoms with Crippen molar-refractivity contribution in [1.82, 2.24) is 15.1 Å². The molecule has 2 N–H and O–H groups in total. The van der Waals surface area contributed by atoms with Gasteiger partial charge in [-0.15, -0.1) is 0 Å². The molecule has 0 aliphatic carbocycles. The van der Waals surface area contributed by atoms with E-state index in [4.69, 9.17) is 0 Å². The van der Waals surface area contributed by atoms with E-state index in [0.717, 1.165) is 42.8 Å². The zero-order valence-electron chi connectivity index (χ0n) is 16.4. The highest BCUT2D eigenvalue weighted by Crippen LogP contribution is 2.25. The number of unbranched alkanes of at least 4 members (excludes halogenated alkanes) is 1. The molecule has 5 nitrogen and oxygen atoms in total. The Hall–Kier alpha value is -2.56. The summed E-state index contributed by atoms with van der Waals surface area (Å²) >= 11 is 0. The number of carbonyl (C=O) groups excluding carboxylic acids is 1. The quantitative estimate of drug-likeness (QED) is 0.765. The minimum atomic E-state index is -0.0388. The number of nitrogens with one attached hydrogen (secondary N) is 2. The number of hydrogen-bond donors (Lipinski definition) is 2. The van der Waals surface area contributed by atoms with Crippen LogP contribution < -0.4 is 10.6 Å². The van der Waals surface area contributed by atoms with Crippen LogP contribution in [-0.2, 0) is 17.8 Å². The van der Waals surface area contributed by atoms with Gasteiger partial charge < -0.3 is 10.6 Å². The molecule has 0 saturated carbocycles. The molecule has 5 heteroatoms. The Labute approximate surface area is 161 Å². The molecule has 2 heterocycles. The molecule has 2 aromatic rings. The first-order valence-corrected chi connectivity index (χ1v) is 10.00. The molecule has 0 spiro atoms. The van der Waals surface area contributed by atoms with Crippen molar-refractivity contribution in [2.24, 2.45) is 5.92 Å². The number of hydrogen-bond acceptors (Lipinski definition) is 3. The van der Waals surface area contributed by atoms with E-state index in [9.17, 15) is 4.79 Å². The third-order valence-corrected chi connectivity index (χ3v) is 5.14. The SMILES string of the molecule is C=C1CC[C@@H](C(=O)Nc2cc(-c3cccc(CCCC)c3)n(CC)n2)CN1. The van der Waals surface area contributed by atoms with E-state index in [0.29, 0.717) is 12.4 Å². The van der Waals surface area contributed by atoms with Crippen molar-refractivity contribution in [2.45, 2.75) is 52.5 Å². The first kappa shape index (κ1) is 19.2. The lowest BCUT2D eigenvalue weighted by molar-refractivity contribution is -0.120. The summed E-state index contributed by atoms with van der Waals surface area (Å²) in [4.78, 5) is 12.6. The second kappa shape index (κ2) is 8.89. The number of allylic oxidation sites excluding steroid dienone is 1. The van der Waals surface area contributed by atoms with Gasteiger partial charge in [-0.2, -0.15) is 5.10 Å². The topological polar surface area (TPSA) is 59.0 Å². The first-order chi connectivity index (χ1) is 13.1. The van der Waals surface area contributed by atoms with Gasteiger partial charge in [-0.3, -0.25) is 9.48 Å². The fourth-order valence-electron chi connectivity index (χ4n) is 3.48. The summed E-state index contributed by atoms with van der Waals surface area (Å²) in [6.45, 7) is 9.60. The number of aryl methyl sites for hydroxylation is 2. The molecule has 0 unspecified atom stereocenters. The fourth-order valence-corrected chi connectivity index (χ4v) is 3.48. The molecule has 1 saturated heterocycles. The highest BCUT2D eigenvalue weighted by Gasteiger charge is 2.23. The van der Waals surface area contributed by atoms with E-state index in [-0.39, 0.29) is 11.8 Å². The summed E-state index contributed by atoms with van der Waals surface area (Å²) in [6, 6.07) is 10.6. The first-order valence-electron chi connectivity index (χ1n) is 10.00. The van der Waals surface area contributed by atoms with Crippen LogP contribution in [0, 0.1) is 5.92 Å². The molecular weight excluding hydrogens is 336 g/mol. The molecule has 1 aliphatic rings. The summed E-state index contributed by atoms with van der Waals surface area (Å²) in [5.41, 5.74) is 4.55. The zero-order chi connectivity index (χ0) is 19.2. The van der Waals surface area contributed by atoms with Crippen LogP contribution in [0.25, 0.3) is 11.3 Å². The van der Waals surface area contributed by atoms with Gasteiger partial charge in [0.15, 0.2) is 5.82 Å². The minimum Gasteiger partial charge on any atom is -0.388 e. The second-order valence-electron chi connectivity index (χ2n) is 7.24. The number of aromatic nitrogens is 2. The Kier molecular flexibility index (Phi) is 6.32. The van der Waals surface area contributed by atoms with Gasteiger partial charge in [-0.25, -0.2) is 0 Å². The normalized spacial score (nSPS) is 16.8. The molecule has 1 atom stereocenters. The predicted octanol–water partition coefficient (Wildman–Crippen LogP) is 4.36. The second-order valence-corrected chi connectivity index (χ2v) is 7.24. The summed E-state index contributed by atoms with van der Waals surface area (Å²) in [5, 5.41) is 10.8. The van der Waals surface area contributed by atoms with Crippen molar-refractivity contribution in [3.63, 3.8) is 0 Å². The molecule has 1 aromatic carbocycles. The number of amides is 1. The zero-order valence-corrected chi connectivity index (χ0v) is 16.4. The average molecular weight is 367 g/mol. The molecule has 1 amide bonds. The largest absolute Gasteiger partial charge is 0.388 e. The Morgan fingerprint density at radius 1 is 1.37 bits per heavy atom. The van der Waals surface area contributed by atoms with Crippen LogP contribution in [0.15, 0.2) is 42.6 Å². The number of rotatable bonds is 7. The minimum absolute atomic E-state index is 0.0269. The lowest BCUT2D eigenvalue weighted by atomic mass is 9.97. The van der Waals surface area contributed by atoms with Gasteiger partial charge in [0.2, 0.25) is 5.91 Å². The Morgan fingerprint density at radius 2 is 2.22 bits per heavy atom. The lowest BCUT2D eigenvalue weighted by Gasteiger charge is -2.23. The standard InChI is InChI=1S/C22H30N4O/c1-4-6-8-17-9-7-10-18(13-17)20-14-21(25-26(20)5-2)24-22(27)19-12-11-16(3)23-15-19/h7,9-10,13-14,19,23H,3-6,8,11-12,15H2,1-2H3,(H,24,25,27)/t19-/m1/s1. The number of nitrogens with zero attached hydrogens (tertiary/aromatic N) is 2. The van der Waals surface area contributed by atoms with Crippen LogP contribution in [-0.4, -0.2) is 22.2 Å². The molecule has 144 valence electrons. The predicted molar refractivity (Wildman–Crippen MR) is 110 cm³/mol. The third kappa shape index (κ3) is 4.79. The number of piperidine rings is 1. The van der Waals surface area contributed by atoms with E-state index in [1.54, 1.807) is 0 Å². The van der Waals surface area contributed by atoms with Gasteiger partial charge in [0.05, 0.1) is 11.6 Å². The van der Waals surface area contributed by atoms with E-state index in [2.05, 4.69) is 60.4 Å². The fraction of sp³-hybridized carbons (Fsp3) is 0.455. The van der Waals surface area contributed by atoms with E-state index in [1.165, 1.54) is 18.4 Å². The summed E-state index contributed by atoms with van der Waals surface area (Å²) < 4.78 is 1.95. The van der Waals surface area contributed by atoms with Crippen LogP contribution in [0.3, 0.4) is 0 Å². The van der Waals surface area contributed by atoms with Gasteiger partial charge in [0.25, 0.3) is 0 Å². The molecule has 27 heavy (non-hydrogen) atoms. The van der Waals surface area contributed by atoms with Crippen molar-refractivity contribution in [1.29, 1.82) is 0 Å². The van der Waals surface area contributed by atoms with E-state index >= 15 is 0 Å². The van der Waals surface area contributed by atoms with Crippen LogP contribution >= 0.6 is 0 Å². The Morgan fingerprint density at radius 3 is 2.93 bits per heavy atom. The van der Waals surface area contributed by atoms with Gasteiger partial charge in [0.1, 0.15) is 0 Å². The van der Waals surface area contributed by atoms with Gasteiger partial charge in [-0.05, 0) is 44.2 Å². The lowest BCUT2D eigenvalue weighted by Crippen LogP contribution is -2.36. The average Bonchev–Trinajstić information content (AvgIpc) is 3.10. The molecular formula is C22H30N4O. The van der Waals surface area contributed by atoms with E-state index < -0.39 is 0 Å². The van der Waals surface area contributed by atoms with Crippen LogP contribution in [0.1, 0.15) is 45.1 Å². The van der Waals surface area contributed by atoms with Gasteiger partial charge >= 0.3 is 0 Å².